The van der Waals surface area contributed by atoms with E-state index in [4.69, 9.17) is 4.42 Å². The molecule has 2 aromatic carbocycles. The first-order valence-corrected chi connectivity index (χ1v) is 9.37. The molecule has 0 saturated heterocycles. The quantitative estimate of drug-likeness (QED) is 0.535. The van der Waals surface area contributed by atoms with Crippen LogP contribution in [0.25, 0.3) is 0 Å². The Morgan fingerprint density at radius 2 is 1.83 bits per heavy atom. The van der Waals surface area contributed by atoms with Crippen molar-refractivity contribution in [1.29, 1.82) is 0 Å². The minimum absolute atomic E-state index is 0.0368. The maximum absolute atomic E-state index is 13.8. The maximum atomic E-state index is 13.8. The van der Waals surface area contributed by atoms with Gasteiger partial charge in [0.1, 0.15) is 11.9 Å². The van der Waals surface area contributed by atoms with E-state index in [0.29, 0.717) is 0 Å². The molecule has 0 fully saturated rings. The highest BCUT2D eigenvalue weighted by molar-refractivity contribution is 5.92. The van der Waals surface area contributed by atoms with Crippen LogP contribution in [0.1, 0.15) is 40.2 Å². The number of benzene rings is 2. The molecule has 29 heavy (non-hydrogen) atoms. The van der Waals surface area contributed by atoms with Gasteiger partial charge in [-0.3, -0.25) is 20.4 Å². The van der Waals surface area contributed by atoms with E-state index in [1.807, 2.05) is 30.3 Å². The second-order valence-corrected chi connectivity index (χ2v) is 6.55. The molecule has 0 bridgehead atoms. The molecule has 0 aliphatic heterocycles. The Morgan fingerprint density at radius 3 is 2.48 bits per heavy atom. The van der Waals surface area contributed by atoms with Crippen LogP contribution in [0.3, 0.4) is 0 Å². The number of carbonyl (C=O) groups is 2. The Morgan fingerprint density at radius 1 is 1.03 bits per heavy atom. The summed E-state index contributed by atoms with van der Waals surface area (Å²) in [6, 6.07) is 17.2. The Balaban J connectivity index is 1.66. The predicted octanol–water partition coefficient (Wildman–Crippen LogP) is 2.10. The summed E-state index contributed by atoms with van der Waals surface area (Å²) in [5.41, 5.74) is 7.56. The molecule has 0 aliphatic rings. The summed E-state index contributed by atoms with van der Waals surface area (Å²) in [7, 11) is 0. The van der Waals surface area contributed by atoms with E-state index in [0.717, 1.165) is 17.5 Å². The normalized spacial score (nSPS) is 11.7. The van der Waals surface area contributed by atoms with Crippen molar-refractivity contribution in [2.45, 2.75) is 19.4 Å². The molecule has 0 radical (unpaired) electrons. The van der Waals surface area contributed by atoms with Gasteiger partial charge in [0.2, 0.25) is 0 Å². The third-order valence-electron chi connectivity index (χ3n) is 4.55. The molecule has 0 saturated carbocycles. The van der Waals surface area contributed by atoms with Crippen molar-refractivity contribution in [1.82, 2.24) is 10.9 Å². The monoisotopic (exact) mass is 396 g/mol. The summed E-state index contributed by atoms with van der Waals surface area (Å²) >= 11 is 0. The number of quaternary nitrogens is 1. The second-order valence-electron chi connectivity index (χ2n) is 6.55. The Kier molecular flexibility index (Phi) is 6.76. The number of carbonyl (C=O) groups excluding carboxylic acids is 2. The van der Waals surface area contributed by atoms with E-state index < -0.39 is 11.8 Å². The molecule has 0 unspecified atom stereocenters. The van der Waals surface area contributed by atoms with Gasteiger partial charge in [-0.05, 0) is 36.2 Å². The lowest BCUT2D eigenvalue weighted by atomic mass is 9.97. The molecule has 6 nitrogen and oxygen atoms in total. The summed E-state index contributed by atoms with van der Waals surface area (Å²) in [6.07, 6.45) is 2.30. The van der Waals surface area contributed by atoms with E-state index in [9.17, 15) is 14.0 Å². The van der Waals surface area contributed by atoms with Gasteiger partial charge in [0, 0.05) is 11.1 Å². The van der Waals surface area contributed by atoms with Crippen LogP contribution >= 0.6 is 0 Å². The van der Waals surface area contributed by atoms with Crippen LogP contribution in [0.2, 0.25) is 0 Å². The zero-order chi connectivity index (χ0) is 20.6. The van der Waals surface area contributed by atoms with Gasteiger partial charge in [-0.1, -0.05) is 43.3 Å². The number of hydrogen-bond acceptors (Lipinski definition) is 3. The molecule has 1 aromatic heterocycles. The molecule has 7 heteroatoms. The smallest absolute Gasteiger partial charge is 0.305 e. The van der Waals surface area contributed by atoms with Gasteiger partial charge in [-0.25, -0.2) is 4.39 Å². The van der Waals surface area contributed by atoms with Gasteiger partial charge < -0.3 is 9.73 Å². The number of furan rings is 1. The van der Waals surface area contributed by atoms with E-state index in [1.165, 1.54) is 30.0 Å². The van der Waals surface area contributed by atoms with Crippen LogP contribution in [-0.4, -0.2) is 18.4 Å². The van der Waals surface area contributed by atoms with Gasteiger partial charge >= 0.3 is 5.91 Å². The molecule has 3 rings (SSSR count). The lowest BCUT2D eigenvalue weighted by Crippen LogP contribution is -2.88. The van der Waals surface area contributed by atoms with Crippen LogP contribution in [0, 0.1) is 5.82 Å². The van der Waals surface area contributed by atoms with Gasteiger partial charge in [-0.2, -0.15) is 0 Å². The summed E-state index contributed by atoms with van der Waals surface area (Å²) in [4.78, 5) is 24.0. The average Bonchev–Trinajstić information content (AvgIpc) is 3.28. The maximum Gasteiger partial charge on any atom is 0.305 e. The lowest BCUT2D eigenvalue weighted by Gasteiger charge is -2.17. The fourth-order valence-corrected chi connectivity index (χ4v) is 3.00. The summed E-state index contributed by atoms with van der Waals surface area (Å²) in [6.45, 7) is 2.11. The molecular weight excluding hydrogens is 373 g/mol. The number of halogens is 1. The van der Waals surface area contributed by atoms with Gasteiger partial charge in [0.25, 0.3) is 5.91 Å². The minimum atomic E-state index is -0.541. The fraction of sp³-hybridized carbons (Fsp3) is 0.182. The van der Waals surface area contributed by atoms with Crippen molar-refractivity contribution in [3.63, 3.8) is 0 Å². The highest BCUT2D eigenvalue weighted by Gasteiger charge is 2.20. The SMILES string of the molecule is CCc1ccc([C@@H]([NH2+]CC(=O)NNC(=O)c2ccco2)c2cccc(F)c2)cc1. The van der Waals surface area contributed by atoms with Gasteiger partial charge in [-0.15, -0.1) is 0 Å². The molecule has 0 spiro atoms. The third kappa shape index (κ3) is 5.52. The number of hydrazine groups is 1. The van der Waals surface area contributed by atoms with Crippen molar-refractivity contribution in [3.05, 3.63) is 95.2 Å². The van der Waals surface area contributed by atoms with Crippen molar-refractivity contribution in [3.8, 4) is 0 Å². The first-order valence-electron chi connectivity index (χ1n) is 9.37. The van der Waals surface area contributed by atoms with E-state index >= 15 is 0 Å². The highest BCUT2D eigenvalue weighted by atomic mass is 19.1. The molecule has 1 heterocycles. The average molecular weight is 396 g/mol. The zero-order valence-corrected chi connectivity index (χ0v) is 16.0. The number of hydrogen-bond donors (Lipinski definition) is 3. The molecule has 150 valence electrons. The molecular formula is C22H23FN3O3+. The standard InChI is InChI=1S/C22H22FN3O3/c1-2-15-8-10-16(11-9-15)21(17-5-3-6-18(23)13-17)24-14-20(27)25-26-22(28)19-7-4-12-29-19/h3-13,21,24H,2,14H2,1H3,(H,25,27)(H,26,28)/p+1/t21-/m1/s1. The largest absolute Gasteiger partial charge is 0.459 e. The number of rotatable bonds is 7. The molecule has 4 N–H and O–H groups in total. The van der Waals surface area contributed by atoms with Gasteiger partial charge in [0.15, 0.2) is 12.3 Å². The first kappa shape index (κ1) is 20.3. The van der Waals surface area contributed by atoms with Crippen molar-refractivity contribution >= 4 is 11.8 Å². The van der Waals surface area contributed by atoms with Crippen molar-refractivity contribution in [2.75, 3.05) is 6.54 Å². The molecule has 0 aliphatic carbocycles. The molecule has 2 amide bonds. The predicted molar refractivity (Wildman–Crippen MR) is 105 cm³/mol. The summed E-state index contributed by atoms with van der Waals surface area (Å²) in [5, 5.41) is 1.80. The fourth-order valence-electron chi connectivity index (χ4n) is 3.00. The number of amides is 2. The Hall–Kier alpha value is -3.45. The Bertz CT molecular complexity index is 956. The van der Waals surface area contributed by atoms with E-state index in [-0.39, 0.29) is 24.2 Å². The lowest BCUT2D eigenvalue weighted by molar-refractivity contribution is -0.676. The zero-order valence-electron chi connectivity index (χ0n) is 16.0. The topological polar surface area (TPSA) is 88.0 Å². The van der Waals surface area contributed by atoms with E-state index in [1.54, 1.807) is 17.4 Å². The Labute approximate surface area is 168 Å². The molecule has 1 atom stereocenters. The van der Waals surface area contributed by atoms with Crippen LogP contribution in [-0.2, 0) is 11.2 Å². The second kappa shape index (κ2) is 9.66. The van der Waals surface area contributed by atoms with Crippen LogP contribution in [0.15, 0.2) is 71.3 Å². The summed E-state index contributed by atoms with van der Waals surface area (Å²) in [5.74, 6) is -1.17. The third-order valence-corrected chi connectivity index (χ3v) is 4.55. The van der Waals surface area contributed by atoms with Crippen molar-refractivity contribution < 1.29 is 23.7 Å². The number of nitrogens with two attached hydrogens (primary N) is 1. The van der Waals surface area contributed by atoms with Gasteiger partial charge in [0.05, 0.1) is 6.26 Å². The molecule has 3 aromatic rings. The first-order chi connectivity index (χ1) is 14.1. The van der Waals surface area contributed by atoms with Crippen LogP contribution < -0.4 is 16.2 Å². The van der Waals surface area contributed by atoms with Crippen LogP contribution in [0.4, 0.5) is 4.39 Å². The van der Waals surface area contributed by atoms with Crippen LogP contribution in [0.5, 0.6) is 0 Å². The van der Waals surface area contributed by atoms with E-state index in [2.05, 4.69) is 17.8 Å². The van der Waals surface area contributed by atoms with Crippen molar-refractivity contribution in [2.24, 2.45) is 0 Å². The highest BCUT2D eigenvalue weighted by Crippen LogP contribution is 2.20. The summed E-state index contributed by atoms with van der Waals surface area (Å²) < 4.78 is 18.7. The number of aryl methyl sites for hydroxylation is 1. The minimum Gasteiger partial charge on any atom is -0.459 e. The number of nitrogens with one attached hydrogen (secondary N) is 2.